The van der Waals surface area contributed by atoms with Crippen LogP contribution < -0.4 is 4.90 Å². The lowest BCUT2D eigenvalue weighted by Crippen LogP contribution is -2.25. The van der Waals surface area contributed by atoms with E-state index in [-0.39, 0.29) is 12.2 Å². The van der Waals surface area contributed by atoms with Crippen LogP contribution in [0.4, 0.5) is 10.5 Å². The maximum absolute atomic E-state index is 11.9. The van der Waals surface area contributed by atoms with Crippen LogP contribution in [0.2, 0.25) is 0 Å². The number of carbonyl (C=O) groups excluding carboxylic acids is 1. The first-order valence-electron chi connectivity index (χ1n) is 8.31. The Morgan fingerprint density at radius 2 is 1.83 bits per heavy atom. The van der Waals surface area contributed by atoms with E-state index < -0.39 is 0 Å². The standard InChI is InChI=1S/C18H25NO4/c1-21-12-17-11-19(18(20)23-17)15-7-3-13(4-8-15)14-5-9-16(22-2)10-6-14/h3-4,7-8,14,16-17H,5-6,9-12H2,1-2H3/t14?,16?,17-/m1/s1. The van der Waals surface area contributed by atoms with Gasteiger partial charge in [0.1, 0.15) is 6.10 Å². The van der Waals surface area contributed by atoms with E-state index in [0.717, 1.165) is 18.5 Å². The van der Waals surface area contributed by atoms with E-state index in [1.54, 1.807) is 19.1 Å². The third kappa shape index (κ3) is 3.67. The van der Waals surface area contributed by atoms with Crippen LogP contribution in [-0.2, 0) is 14.2 Å². The van der Waals surface area contributed by atoms with E-state index >= 15 is 0 Å². The van der Waals surface area contributed by atoms with Crippen LogP contribution in [0, 0.1) is 0 Å². The molecule has 1 saturated heterocycles. The lowest BCUT2D eigenvalue weighted by Gasteiger charge is -2.28. The van der Waals surface area contributed by atoms with Crippen molar-refractivity contribution in [3.8, 4) is 0 Å². The minimum absolute atomic E-state index is 0.184. The summed E-state index contributed by atoms with van der Waals surface area (Å²) in [6.07, 6.45) is 4.53. The number of methoxy groups -OCH3 is 2. The summed E-state index contributed by atoms with van der Waals surface area (Å²) in [5, 5.41) is 0. The molecule has 0 unspecified atom stereocenters. The summed E-state index contributed by atoms with van der Waals surface area (Å²) in [4.78, 5) is 13.6. The summed E-state index contributed by atoms with van der Waals surface area (Å²) in [7, 11) is 3.41. The van der Waals surface area contributed by atoms with Crippen molar-refractivity contribution in [1.29, 1.82) is 0 Å². The molecule has 0 spiro atoms. The van der Waals surface area contributed by atoms with Gasteiger partial charge in [-0.2, -0.15) is 0 Å². The van der Waals surface area contributed by atoms with Crippen LogP contribution in [-0.4, -0.2) is 45.7 Å². The first-order chi connectivity index (χ1) is 11.2. The average Bonchev–Trinajstić information content (AvgIpc) is 2.96. The number of ether oxygens (including phenoxy) is 3. The molecule has 1 aromatic carbocycles. The average molecular weight is 319 g/mol. The molecule has 0 N–H and O–H groups in total. The fraction of sp³-hybridized carbons (Fsp3) is 0.611. The van der Waals surface area contributed by atoms with Gasteiger partial charge in [0, 0.05) is 19.9 Å². The predicted octanol–water partition coefficient (Wildman–Crippen LogP) is 3.33. The highest BCUT2D eigenvalue weighted by molar-refractivity contribution is 5.89. The molecule has 2 fully saturated rings. The second-order valence-corrected chi connectivity index (χ2v) is 6.37. The number of anilines is 1. The molecule has 2 aliphatic rings. The SMILES string of the molecule is COC[C@H]1CN(c2ccc(C3CCC(OC)CC3)cc2)C(=O)O1. The molecule has 126 valence electrons. The molecule has 1 aliphatic carbocycles. The molecule has 3 rings (SSSR count). The highest BCUT2D eigenvalue weighted by Gasteiger charge is 2.32. The van der Waals surface area contributed by atoms with Crippen molar-refractivity contribution in [1.82, 2.24) is 0 Å². The van der Waals surface area contributed by atoms with Crippen LogP contribution in [0.5, 0.6) is 0 Å². The van der Waals surface area contributed by atoms with Crippen molar-refractivity contribution < 1.29 is 19.0 Å². The van der Waals surface area contributed by atoms with Gasteiger partial charge in [-0.3, -0.25) is 4.90 Å². The van der Waals surface area contributed by atoms with Crippen molar-refractivity contribution in [2.75, 3.05) is 32.3 Å². The van der Waals surface area contributed by atoms with Crippen LogP contribution in [0.15, 0.2) is 24.3 Å². The van der Waals surface area contributed by atoms with Crippen molar-refractivity contribution in [3.05, 3.63) is 29.8 Å². The largest absolute Gasteiger partial charge is 0.441 e. The Morgan fingerprint density at radius 3 is 2.43 bits per heavy atom. The zero-order chi connectivity index (χ0) is 16.2. The molecule has 0 aromatic heterocycles. The van der Waals surface area contributed by atoms with Crippen molar-refractivity contribution >= 4 is 11.8 Å². The van der Waals surface area contributed by atoms with Crippen LogP contribution in [0.1, 0.15) is 37.2 Å². The van der Waals surface area contributed by atoms with E-state index in [9.17, 15) is 4.79 Å². The number of cyclic esters (lactones) is 1. The van der Waals surface area contributed by atoms with Gasteiger partial charge >= 0.3 is 6.09 Å². The smallest absolute Gasteiger partial charge is 0.414 e. The van der Waals surface area contributed by atoms with E-state index in [0.29, 0.717) is 25.2 Å². The van der Waals surface area contributed by atoms with Gasteiger partial charge in [0.15, 0.2) is 0 Å². The van der Waals surface area contributed by atoms with Crippen molar-refractivity contribution in [2.45, 2.75) is 43.8 Å². The van der Waals surface area contributed by atoms with E-state index in [1.165, 1.54) is 18.4 Å². The first-order valence-corrected chi connectivity index (χ1v) is 8.31. The second-order valence-electron chi connectivity index (χ2n) is 6.37. The highest BCUT2D eigenvalue weighted by Crippen LogP contribution is 2.34. The van der Waals surface area contributed by atoms with Gasteiger partial charge in [-0.05, 0) is 49.3 Å². The lowest BCUT2D eigenvalue weighted by molar-refractivity contribution is 0.0658. The quantitative estimate of drug-likeness (QED) is 0.835. The molecule has 1 aromatic rings. The zero-order valence-corrected chi connectivity index (χ0v) is 13.9. The number of rotatable bonds is 5. The van der Waals surface area contributed by atoms with Gasteiger partial charge in [0.2, 0.25) is 0 Å². The van der Waals surface area contributed by atoms with Crippen LogP contribution in [0.25, 0.3) is 0 Å². The number of hydrogen-bond donors (Lipinski definition) is 0. The van der Waals surface area contributed by atoms with E-state index in [4.69, 9.17) is 14.2 Å². The van der Waals surface area contributed by atoms with E-state index in [2.05, 4.69) is 12.1 Å². The summed E-state index contributed by atoms with van der Waals surface area (Å²) in [5.41, 5.74) is 2.24. The number of hydrogen-bond acceptors (Lipinski definition) is 4. The molecule has 1 aliphatic heterocycles. The summed E-state index contributed by atoms with van der Waals surface area (Å²) >= 11 is 0. The third-order valence-electron chi connectivity index (χ3n) is 4.91. The van der Waals surface area contributed by atoms with Crippen molar-refractivity contribution in [3.63, 3.8) is 0 Å². The Bertz CT molecular complexity index is 522. The van der Waals surface area contributed by atoms with Gasteiger partial charge in [0.05, 0.1) is 19.3 Å². The summed E-state index contributed by atoms with van der Waals surface area (Å²) in [6.45, 7) is 0.980. The summed E-state index contributed by atoms with van der Waals surface area (Å²) in [6, 6.07) is 8.33. The van der Waals surface area contributed by atoms with Gasteiger partial charge in [-0.15, -0.1) is 0 Å². The summed E-state index contributed by atoms with van der Waals surface area (Å²) in [5.74, 6) is 0.599. The van der Waals surface area contributed by atoms with Gasteiger partial charge in [-0.25, -0.2) is 4.79 Å². The zero-order valence-electron chi connectivity index (χ0n) is 13.9. The van der Waals surface area contributed by atoms with Crippen LogP contribution >= 0.6 is 0 Å². The fourth-order valence-electron chi connectivity index (χ4n) is 3.56. The Morgan fingerprint density at radius 1 is 1.13 bits per heavy atom. The Hall–Kier alpha value is -1.59. The molecule has 1 saturated carbocycles. The molecular formula is C18H25NO4. The number of amides is 1. The first kappa shape index (κ1) is 16.3. The molecule has 0 radical (unpaired) electrons. The molecule has 0 bridgehead atoms. The minimum atomic E-state index is -0.291. The molecule has 1 atom stereocenters. The van der Waals surface area contributed by atoms with Gasteiger partial charge in [0.25, 0.3) is 0 Å². The van der Waals surface area contributed by atoms with Gasteiger partial charge < -0.3 is 14.2 Å². The summed E-state index contributed by atoms with van der Waals surface area (Å²) < 4.78 is 15.8. The van der Waals surface area contributed by atoms with Gasteiger partial charge in [-0.1, -0.05) is 12.1 Å². The van der Waals surface area contributed by atoms with Crippen molar-refractivity contribution in [2.24, 2.45) is 0 Å². The number of benzene rings is 1. The van der Waals surface area contributed by atoms with Crippen LogP contribution in [0.3, 0.4) is 0 Å². The normalized spacial score (nSPS) is 28.0. The molecule has 1 amide bonds. The maximum atomic E-state index is 11.9. The Kier molecular flexibility index (Phi) is 5.18. The third-order valence-corrected chi connectivity index (χ3v) is 4.91. The predicted molar refractivity (Wildman–Crippen MR) is 87.9 cm³/mol. The van der Waals surface area contributed by atoms with E-state index in [1.807, 2.05) is 12.1 Å². The Labute approximate surface area is 137 Å². The monoisotopic (exact) mass is 319 g/mol. The molecular weight excluding hydrogens is 294 g/mol. The molecule has 5 nitrogen and oxygen atoms in total. The Balaban J connectivity index is 1.62. The number of carbonyl (C=O) groups is 1. The second kappa shape index (κ2) is 7.32. The topological polar surface area (TPSA) is 48.0 Å². The fourth-order valence-corrected chi connectivity index (χ4v) is 3.56. The molecule has 1 heterocycles. The highest BCUT2D eigenvalue weighted by atomic mass is 16.6. The minimum Gasteiger partial charge on any atom is -0.441 e. The maximum Gasteiger partial charge on any atom is 0.414 e. The molecule has 5 heteroatoms. The molecule has 23 heavy (non-hydrogen) atoms. The lowest BCUT2D eigenvalue weighted by atomic mass is 9.83. The number of nitrogens with zero attached hydrogens (tertiary/aromatic N) is 1.